The Balaban J connectivity index is 2.10. The van der Waals surface area contributed by atoms with E-state index in [1.807, 2.05) is 14.0 Å². The molecule has 2 N–H and O–H groups in total. The highest BCUT2D eigenvalue weighted by atomic mass is 16.5. The van der Waals surface area contributed by atoms with E-state index < -0.39 is 5.54 Å². The van der Waals surface area contributed by atoms with E-state index in [0.717, 1.165) is 24.9 Å². The summed E-state index contributed by atoms with van der Waals surface area (Å²) in [7, 11) is 1.98. The highest BCUT2D eigenvalue weighted by Gasteiger charge is 2.49. The van der Waals surface area contributed by atoms with Crippen LogP contribution in [0.3, 0.4) is 0 Å². The molecule has 0 aliphatic heterocycles. The van der Waals surface area contributed by atoms with Gasteiger partial charge in [0.15, 0.2) is 0 Å². The minimum atomic E-state index is -0.895. The molecule has 4 heteroatoms. The number of esters is 1. The molecular weight excluding hydrogens is 264 g/mol. The van der Waals surface area contributed by atoms with Crippen LogP contribution in [0.4, 0.5) is 5.69 Å². The second-order valence-corrected chi connectivity index (χ2v) is 5.91. The summed E-state index contributed by atoms with van der Waals surface area (Å²) in [5, 5.41) is 0. The molecule has 0 bridgehead atoms. The molecule has 0 spiro atoms. The summed E-state index contributed by atoms with van der Waals surface area (Å²) >= 11 is 0. The van der Waals surface area contributed by atoms with Gasteiger partial charge >= 0.3 is 5.97 Å². The maximum atomic E-state index is 12.2. The molecule has 1 fully saturated rings. The number of carbonyl (C=O) groups is 1. The number of hydrogen-bond donors (Lipinski definition) is 1. The van der Waals surface area contributed by atoms with Crippen molar-refractivity contribution in [1.82, 2.24) is 0 Å². The number of carbonyl (C=O) groups excluding carboxylic acids is 1. The molecule has 0 aromatic heterocycles. The molecule has 0 radical (unpaired) electrons. The Morgan fingerprint density at radius 3 is 2.43 bits per heavy atom. The third-order valence-electron chi connectivity index (χ3n) is 4.25. The number of nitrogens with zero attached hydrogens (tertiary/aromatic N) is 1. The molecule has 0 saturated heterocycles. The fourth-order valence-electron chi connectivity index (χ4n) is 2.69. The Labute approximate surface area is 127 Å². The summed E-state index contributed by atoms with van der Waals surface area (Å²) in [6, 6.07) is 8.39. The molecule has 1 atom stereocenters. The van der Waals surface area contributed by atoms with Gasteiger partial charge in [0.1, 0.15) is 5.54 Å². The third-order valence-corrected chi connectivity index (χ3v) is 4.25. The predicted octanol–water partition coefficient (Wildman–Crippen LogP) is 2.36. The Bertz CT molecular complexity index is 482. The molecule has 1 unspecified atom stereocenters. The topological polar surface area (TPSA) is 55.6 Å². The highest BCUT2D eigenvalue weighted by molar-refractivity contribution is 5.82. The number of nitrogens with two attached hydrogens (primary N) is 1. The standard InChI is InChI=1S/C17H26N2O2/c1-4-13-6-10-15(11-7-13)19(3)12-17(18,14-8-9-14)16(20)21-5-2/h6-7,10-11,14H,4-5,8-9,12,18H2,1-3H3. The van der Waals surface area contributed by atoms with E-state index in [-0.39, 0.29) is 11.9 Å². The lowest BCUT2D eigenvalue weighted by atomic mass is 9.93. The lowest BCUT2D eigenvalue weighted by Crippen LogP contribution is -2.58. The lowest BCUT2D eigenvalue weighted by molar-refractivity contribution is -0.150. The number of aryl methyl sites for hydroxylation is 1. The maximum Gasteiger partial charge on any atom is 0.328 e. The summed E-state index contributed by atoms with van der Waals surface area (Å²) in [5.74, 6) is -0.0292. The molecule has 4 nitrogen and oxygen atoms in total. The Hall–Kier alpha value is -1.55. The van der Waals surface area contributed by atoms with Gasteiger partial charge in [-0.3, -0.25) is 0 Å². The molecule has 1 aromatic carbocycles. The van der Waals surface area contributed by atoms with Crippen molar-refractivity contribution in [1.29, 1.82) is 0 Å². The fraction of sp³-hybridized carbons (Fsp3) is 0.588. The first-order valence-electron chi connectivity index (χ1n) is 7.77. The normalized spacial score (nSPS) is 17.1. The zero-order chi connectivity index (χ0) is 15.5. The first-order valence-corrected chi connectivity index (χ1v) is 7.77. The number of ether oxygens (including phenoxy) is 1. The molecule has 0 amide bonds. The van der Waals surface area contributed by atoms with Crippen molar-refractivity contribution in [2.24, 2.45) is 11.7 Å². The monoisotopic (exact) mass is 290 g/mol. The van der Waals surface area contributed by atoms with E-state index in [1.165, 1.54) is 5.56 Å². The molecule has 1 aromatic rings. The number of rotatable bonds is 7. The fourth-order valence-corrected chi connectivity index (χ4v) is 2.69. The Morgan fingerprint density at radius 1 is 1.33 bits per heavy atom. The van der Waals surface area contributed by atoms with E-state index >= 15 is 0 Å². The number of anilines is 1. The van der Waals surface area contributed by atoms with Crippen LogP contribution in [-0.2, 0) is 16.0 Å². The second kappa shape index (κ2) is 6.48. The van der Waals surface area contributed by atoms with Crippen molar-refractivity contribution in [3.63, 3.8) is 0 Å². The minimum absolute atomic E-state index is 0.244. The summed E-state index contributed by atoms with van der Waals surface area (Å²) in [6.45, 7) is 4.82. The maximum absolute atomic E-state index is 12.2. The largest absolute Gasteiger partial charge is 0.465 e. The second-order valence-electron chi connectivity index (χ2n) is 5.91. The van der Waals surface area contributed by atoms with Gasteiger partial charge < -0.3 is 15.4 Å². The van der Waals surface area contributed by atoms with Gasteiger partial charge in [-0.05, 0) is 49.8 Å². The van der Waals surface area contributed by atoms with Crippen LogP contribution in [0.25, 0.3) is 0 Å². The van der Waals surface area contributed by atoms with Crippen LogP contribution in [0, 0.1) is 5.92 Å². The number of benzene rings is 1. The van der Waals surface area contributed by atoms with Crippen molar-refractivity contribution in [2.45, 2.75) is 38.6 Å². The summed E-state index contributed by atoms with van der Waals surface area (Å²) in [6.07, 6.45) is 3.05. The quantitative estimate of drug-likeness (QED) is 0.783. The van der Waals surface area contributed by atoms with Crippen LogP contribution in [0.2, 0.25) is 0 Å². The van der Waals surface area contributed by atoms with Crippen LogP contribution in [-0.4, -0.2) is 31.7 Å². The van der Waals surface area contributed by atoms with Crippen molar-refractivity contribution >= 4 is 11.7 Å². The van der Waals surface area contributed by atoms with Crippen LogP contribution in [0.15, 0.2) is 24.3 Å². The first kappa shape index (κ1) is 15.8. The van der Waals surface area contributed by atoms with Crippen LogP contribution >= 0.6 is 0 Å². The van der Waals surface area contributed by atoms with Gasteiger partial charge in [0.25, 0.3) is 0 Å². The number of likely N-dealkylation sites (N-methyl/N-ethyl adjacent to an activating group) is 1. The zero-order valence-corrected chi connectivity index (χ0v) is 13.3. The molecule has 2 rings (SSSR count). The van der Waals surface area contributed by atoms with Crippen molar-refractivity contribution in [3.05, 3.63) is 29.8 Å². The van der Waals surface area contributed by atoms with E-state index in [1.54, 1.807) is 0 Å². The average molecular weight is 290 g/mol. The van der Waals surface area contributed by atoms with E-state index in [2.05, 4.69) is 36.1 Å². The molecule has 0 heterocycles. The summed E-state index contributed by atoms with van der Waals surface area (Å²) < 4.78 is 5.19. The van der Waals surface area contributed by atoms with Crippen molar-refractivity contribution in [3.8, 4) is 0 Å². The predicted molar refractivity (Wildman–Crippen MR) is 85.4 cm³/mol. The van der Waals surface area contributed by atoms with Crippen LogP contribution in [0.5, 0.6) is 0 Å². The van der Waals surface area contributed by atoms with Gasteiger partial charge in [-0.1, -0.05) is 19.1 Å². The molecule has 116 valence electrons. The van der Waals surface area contributed by atoms with Crippen LogP contribution in [0.1, 0.15) is 32.3 Å². The smallest absolute Gasteiger partial charge is 0.328 e. The van der Waals surface area contributed by atoms with Gasteiger partial charge in [-0.15, -0.1) is 0 Å². The lowest BCUT2D eigenvalue weighted by Gasteiger charge is -2.32. The van der Waals surface area contributed by atoms with Gasteiger partial charge in [0.05, 0.1) is 6.61 Å². The molecule has 21 heavy (non-hydrogen) atoms. The minimum Gasteiger partial charge on any atom is -0.465 e. The molecular formula is C17H26N2O2. The van der Waals surface area contributed by atoms with Gasteiger partial charge in [0.2, 0.25) is 0 Å². The van der Waals surface area contributed by atoms with Gasteiger partial charge in [-0.2, -0.15) is 0 Å². The Morgan fingerprint density at radius 2 is 1.95 bits per heavy atom. The van der Waals surface area contributed by atoms with Crippen LogP contribution < -0.4 is 10.6 Å². The van der Waals surface area contributed by atoms with E-state index in [4.69, 9.17) is 10.5 Å². The van der Waals surface area contributed by atoms with Crippen molar-refractivity contribution in [2.75, 3.05) is 25.1 Å². The summed E-state index contributed by atoms with van der Waals surface area (Å²) in [4.78, 5) is 14.3. The number of hydrogen-bond acceptors (Lipinski definition) is 4. The zero-order valence-electron chi connectivity index (χ0n) is 13.3. The SMILES string of the molecule is CCOC(=O)C(N)(CN(C)c1ccc(CC)cc1)C1CC1. The van der Waals surface area contributed by atoms with Gasteiger partial charge in [-0.25, -0.2) is 4.79 Å². The Kier molecular flexibility index (Phi) is 4.88. The van der Waals surface area contributed by atoms with E-state index in [0.29, 0.717) is 13.2 Å². The average Bonchev–Trinajstić information content (AvgIpc) is 3.32. The molecule has 1 aliphatic carbocycles. The highest BCUT2D eigenvalue weighted by Crippen LogP contribution is 2.39. The van der Waals surface area contributed by atoms with Crippen molar-refractivity contribution < 1.29 is 9.53 Å². The summed E-state index contributed by atoms with van der Waals surface area (Å²) in [5.41, 5.74) is 7.90. The molecule has 1 saturated carbocycles. The van der Waals surface area contributed by atoms with Gasteiger partial charge in [0, 0.05) is 19.3 Å². The third kappa shape index (κ3) is 3.56. The first-order chi connectivity index (χ1) is 10.0. The van der Waals surface area contributed by atoms with E-state index in [9.17, 15) is 4.79 Å². The molecule has 1 aliphatic rings.